The fourth-order valence-electron chi connectivity index (χ4n) is 2.73. The Morgan fingerprint density at radius 1 is 0.947 bits per heavy atom. The summed E-state index contributed by atoms with van der Waals surface area (Å²) in [6.07, 6.45) is 0.648. The van der Waals surface area contributed by atoms with E-state index in [1.54, 1.807) is 0 Å². The maximum absolute atomic E-state index is 10.8. The van der Waals surface area contributed by atoms with Crippen molar-refractivity contribution >= 4 is 0 Å². The van der Waals surface area contributed by atoms with Crippen molar-refractivity contribution in [1.29, 1.82) is 0 Å². The van der Waals surface area contributed by atoms with Crippen LogP contribution in [0.15, 0.2) is 42.5 Å². The lowest BCUT2D eigenvalue weighted by atomic mass is 9.85. The second-order valence-electron chi connectivity index (χ2n) is 5.69. The standard InChI is InChI=1S/C18H22O/c1-13-10-14(2)17(15(3)11-13)12-18(4,19)16-8-6-5-7-9-16/h5-11,19H,12H2,1-4H3. The molecule has 0 aliphatic carbocycles. The van der Waals surface area contributed by atoms with Gasteiger partial charge in [-0.05, 0) is 49.9 Å². The molecule has 100 valence electrons. The van der Waals surface area contributed by atoms with Gasteiger partial charge in [-0.1, -0.05) is 48.0 Å². The van der Waals surface area contributed by atoms with Crippen LogP contribution in [0.4, 0.5) is 0 Å². The molecule has 1 nitrogen and oxygen atoms in total. The van der Waals surface area contributed by atoms with Crippen LogP contribution in [0, 0.1) is 20.8 Å². The van der Waals surface area contributed by atoms with Crippen LogP contribution in [0.5, 0.6) is 0 Å². The van der Waals surface area contributed by atoms with Crippen LogP contribution in [0.1, 0.15) is 34.7 Å². The number of rotatable bonds is 3. The molecular weight excluding hydrogens is 232 g/mol. The first-order chi connectivity index (χ1) is 8.90. The molecule has 0 saturated heterocycles. The van der Waals surface area contributed by atoms with Crippen molar-refractivity contribution in [1.82, 2.24) is 0 Å². The summed E-state index contributed by atoms with van der Waals surface area (Å²) in [6, 6.07) is 14.3. The van der Waals surface area contributed by atoms with E-state index in [2.05, 4.69) is 32.9 Å². The number of aliphatic hydroxyl groups is 1. The molecule has 2 aromatic carbocycles. The molecule has 1 unspecified atom stereocenters. The maximum atomic E-state index is 10.8. The predicted molar refractivity (Wildman–Crippen MR) is 80.4 cm³/mol. The Labute approximate surface area is 115 Å². The average molecular weight is 254 g/mol. The molecule has 1 N–H and O–H groups in total. The van der Waals surface area contributed by atoms with Crippen LogP contribution in [-0.4, -0.2) is 5.11 Å². The minimum Gasteiger partial charge on any atom is -0.385 e. The third-order valence-electron chi connectivity index (χ3n) is 3.76. The quantitative estimate of drug-likeness (QED) is 0.875. The second-order valence-corrected chi connectivity index (χ2v) is 5.69. The predicted octanol–water partition coefficient (Wildman–Crippen LogP) is 4.06. The first-order valence-corrected chi connectivity index (χ1v) is 6.75. The van der Waals surface area contributed by atoms with Crippen molar-refractivity contribution in [3.8, 4) is 0 Å². The van der Waals surface area contributed by atoms with Gasteiger partial charge >= 0.3 is 0 Å². The molecule has 0 saturated carbocycles. The highest BCUT2D eigenvalue weighted by molar-refractivity contribution is 5.39. The average Bonchev–Trinajstić information content (AvgIpc) is 2.35. The van der Waals surface area contributed by atoms with Gasteiger partial charge in [0.2, 0.25) is 0 Å². The molecule has 1 heteroatoms. The van der Waals surface area contributed by atoms with Gasteiger partial charge in [-0.25, -0.2) is 0 Å². The summed E-state index contributed by atoms with van der Waals surface area (Å²) in [4.78, 5) is 0. The van der Waals surface area contributed by atoms with Gasteiger partial charge in [-0.3, -0.25) is 0 Å². The highest BCUT2D eigenvalue weighted by Crippen LogP contribution is 2.28. The van der Waals surface area contributed by atoms with E-state index in [1.807, 2.05) is 37.3 Å². The van der Waals surface area contributed by atoms with E-state index in [0.717, 1.165) is 5.56 Å². The molecule has 0 aliphatic rings. The lowest BCUT2D eigenvalue weighted by molar-refractivity contribution is 0.0573. The maximum Gasteiger partial charge on any atom is 0.0908 e. The lowest BCUT2D eigenvalue weighted by Crippen LogP contribution is -2.25. The number of hydrogen-bond donors (Lipinski definition) is 1. The molecule has 2 rings (SSSR count). The summed E-state index contributed by atoms with van der Waals surface area (Å²) in [5.41, 5.74) is 5.18. The zero-order valence-corrected chi connectivity index (χ0v) is 12.2. The molecule has 19 heavy (non-hydrogen) atoms. The third kappa shape index (κ3) is 3.05. The number of benzene rings is 2. The molecule has 0 radical (unpaired) electrons. The van der Waals surface area contributed by atoms with Gasteiger partial charge in [0, 0.05) is 6.42 Å². The van der Waals surface area contributed by atoms with Crippen LogP contribution in [0.3, 0.4) is 0 Å². The summed E-state index contributed by atoms with van der Waals surface area (Å²) >= 11 is 0. The van der Waals surface area contributed by atoms with Gasteiger partial charge < -0.3 is 5.11 Å². The van der Waals surface area contributed by atoms with E-state index in [9.17, 15) is 5.11 Å². The van der Waals surface area contributed by atoms with Gasteiger partial charge in [0.15, 0.2) is 0 Å². The zero-order valence-electron chi connectivity index (χ0n) is 12.2. The monoisotopic (exact) mass is 254 g/mol. The number of hydrogen-bond acceptors (Lipinski definition) is 1. The van der Waals surface area contributed by atoms with E-state index < -0.39 is 5.60 Å². The molecule has 0 spiro atoms. The Balaban J connectivity index is 2.36. The number of aryl methyl sites for hydroxylation is 3. The lowest BCUT2D eigenvalue weighted by Gasteiger charge is -2.26. The Kier molecular flexibility index (Phi) is 3.77. The van der Waals surface area contributed by atoms with E-state index >= 15 is 0 Å². The van der Waals surface area contributed by atoms with E-state index in [-0.39, 0.29) is 0 Å². The van der Waals surface area contributed by atoms with E-state index in [0.29, 0.717) is 6.42 Å². The molecule has 0 fully saturated rings. The zero-order chi connectivity index (χ0) is 14.0. The van der Waals surface area contributed by atoms with Gasteiger partial charge in [0.1, 0.15) is 0 Å². The van der Waals surface area contributed by atoms with Crippen molar-refractivity contribution < 1.29 is 5.11 Å². The summed E-state index contributed by atoms with van der Waals surface area (Å²) in [7, 11) is 0. The molecule has 0 amide bonds. The van der Waals surface area contributed by atoms with Crippen LogP contribution in [0.25, 0.3) is 0 Å². The van der Waals surface area contributed by atoms with E-state index in [1.165, 1.54) is 22.3 Å². The summed E-state index contributed by atoms with van der Waals surface area (Å²) in [6.45, 7) is 8.24. The fraction of sp³-hybridized carbons (Fsp3) is 0.333. The normalized spacial score (nSPS) is 14.2. The first-order valence-electron chi connectivity index (χ1n) is 6.75. The molecule has 2 aromatic rings. The van der Waals surface area contributed by atoms with Gasteiger partial charge in [0.05, 0.1) is 5.60 Å². The Morgan fingerprint density at radius 3 is 2.00 bits per heavy atom. The highest BCUT2D eigenvalue weighted by atomic mass is 16.3. The van der Waals surface area contributed by atoms with Gasteiger partial charge in [-0.15, -0.1) is 0 Å². The largest absolute Gasteiger partial charge is 0.385 e. The van der Waals surface area contributed by atoms with Crippen LogP contribution < -0.4 is 0 Å². The topological polar surface area (TPSA) is 20.2 Å². The van der Waals surface area contributed by atoms with E-state index in [4.69, 9.17) is 0 Å². The van der Waals surface area contributed by atoms with Gasteiger partial charge in [-0.2, -0.15) is 0 Å². The molecule has 1 atom stereocenters. The van der Waals surface area contributed by atoms with Crippen LogP contribution >= 0.6 is 0 Å². The Hall–Kier alpha value is -1.60. The Bertz CT molecular complexity index is 544. The first kappa shape index (κ1) is 13.8. The van der Waals surface area contributed by atoms with Crippen molar-refractivity contribution in [3.63, 3.8) is 0 Å². The second kappa shape index (κ2) is 5.18. The Morgan fingerprint density at radius 2 is 1.47 bits per heavy atom. The SMILES string of the molecule is Cc1cc(C)c(CC(C)(O)c2ccccc2)c(C)c1. The third-order valence-corrected chi connectivity index (χ3v) is 3.76. The van der Waals surface area contributed by atoms with Crippen molar-refractivity contribution in [2.45, 2.75) is 39.7 Å². The minimum absolute atomic E-state index is 0.648. The molecule has 0 aromatic heterocycles. The molecular formula is C18H22O. The summed E-state index contributed by atoms with van der Waals surface area (Å²) in [5, 5.41) is 10.8. The van der Waals surface area contributed by atoms with Gasteiger partial charge in [0.25, 0.3) is 0 Å². The smallest absolute Gasteiger partial charge is 0.0908 e. The summed E-state index contributed by atoms with van der Waals surface area (Å²) < 4.78 is 0. The summed E-state index contributed by atoms with van der Waals surface area (Å²) in [5.74, 6) is 0. The highest BCUT2D eigenvalue weighted by Gasteiger charge is 2.24. The van der Waals surface area contributed by atoms with Crippen molar-refractivity contribution in [2.75, 3.05) is 0 Å². The fourth-order valence-corrected chi connectivity index (χ4v) is 2.73. The van der Waals surface area contributed by atoms with Crippen molar-refractivity contribution in [3.05, 3.63) is 70.3 Å². The molecule has 0 bridgehead atoms. The molecule has 0 heterocycles. The minimum atomic E-state index is -0.827. The van der Waals surface area contributed by atoms with Crippen LogP contribution in [0.2, 0.25) is 0 Å². The van der Waals surface area contributed by atoms with Crippen LogP contribution in [-0.2, 0) is 12.0 Å². The molecule has 0 aliphatic heterocycles. The van der Waals surface area contributed by atoms with Crippen molar-refractivity contribution in [2.24, 2.45) is 0 Å².